The smallest absolute Gasteiger partial charge is 0.416 e. The Morgan fingerprint density at radius 2 is 1.85 bits per heavy atom. The lowest BCUT2D eigenvalue weighted by Crippen LogP contribution is -2.35. The number of halogens is 3. The topological polar surface area (TPSA) is 114 Å². The van der Waals surface area contributed by atoms with Crippen LogP contribution in [0.25, 0.3) is 0 Å². The molecule has 8 nitrogen and oxygen atoms in total. The lowest BCUT2D eigenvalue weighted by Gasteiger charge is -2.19. The number of aliphatic hydroxyl groups excluding tert-OH is 1. The van der Waals surface area contributed by atoms with Crippen molar-refractivity contribution in [2.24, 2.45) is 11.8 Å². The molecule has 1 fully saturated rings. The van der Waals surface area contributed by atoms with Gasteiger partial charge in [0.1, 0.15) is 19.1 Å². The minimum atomic E-state index is -4.78. The van der Waals surface area contributed by atoms with E-state index < -0.39 is 58.1 Å². The molecule has 1 aliphatic rings. The molecule has 1 aromatic carbocycles. The van der Waals surface area contributed by atoms with E-state index in [2.05, 4.69) is 23.8 Å². The molecule has 184 valence electrons. The van der Waals surface area contributed by atoms with Crippen LogP contribution in [-0.2, 0) is 25.2 Å². The van der Waals surface area contributed by atoms with E-state index >= 15 is 0 Å². The van der Waals surface area contributed by atoms with Crippen molar-refractivity contribution in [2.45, 2.75) is 18.6 Å². The summed E-state index contributed by atoms with van der Waals surface area (Å²) in [6, 6.07) is 1.46. The van der Waals surface area contributed by atoms with Crippen molar-refractivity contribution in [3.8, 4) is 0 Å². The number of rotatable bonds is 10. The number of benzene rings is 1. The van der Waals surface area contributed by atoms with E-state index in [1.54, 1.807) is 0 Å². The average molecular weight is 500 g/mol. The van der Waals surface area contributed by atoms with Gasteiger partial charge in [-0.2, -0.15) is 13.2 Å². The Kier molecular flexibility index (Phi) is 9.33. The van der Waals surface area contributed by atoms with Crippen LogP contribution < -0.4 is 10.6 Å². The van der Waals surface area contributed by atoms with Crippen LogP contribution in [0.4, 0.5) is 18.9 Å². The molecule has 0 aromatic heterocycles. The fraction of sp³-hybridized carbons (Fsp3) is 0.364. The maximum atomic E-state index is 13.3. The van der Waals surface area contributed by atoms with Crippen LogP contribution in [0.15, 0.2) is 43.5 Å². The first-order chi connectivity index (χ1) is 16.0. The SMILES string of the molecule is C=CCOC(=O)c1cc(NC(=O)C2CC(C(C(=O)OCC=C)C(O)=S)CN2)cc(C(F)(F)F)c1. The van der Waals surface area contributed by atoms with Crippen molar-refractivity contribution in [1.29, 1.82) is 0 Å². The fourth-order valence-corrected chi connectivity index (χ4v) is 3.66. The predicted octanol–water partition coefficient (Wildman–Crippen LogP) is 3.20. The van der Waals surface area contributed by atoms with Crippen molar-refractivity contribution < 1.29 is 42.1 Å². The number of carbonyl (C=O) groups excluding carboxylic acids is 3. The lowest BCUT2D eigenvalue weighted by atomic mass is 9.90. The second-order valence-corrected chi connectivity index (χ2v) is 7.78. The number of thiocarbonyl (C=S) groups is 1. The van der Waals surface area contributed by atoms with E-state index in [-0.39, 0.29) is 31.9 Å². The van der Waals surface area contributed by atoms with Gasteiger partial charge in [-0.05, 0) is 42.8 Å². The molecule has 1 aliphatic heterocycles. The summed E-state index contributed by atoms with van der Waals surface area (Å²) < 4.78 is 49.6. The van der Waals surface area contributed by atoms with Gasteiger partial charge in [-0.15, -0.1) is 0 Å². The van der Waals surface area contributed by atoms with Crippen LogP contribution in [0.2, 0.25) is 0 Å². The third kappa shape index (κ3) is 7.12. The minimum absolute atomic E-state index is 0.0492. The van der Waals surface area contributed by atoms with Gasteiger partial charge in [-0.3, -0.25) is 9.59 Å². The minimum Gasteiger partial charge on any atom is -0.501 e. The average Bonchev–Trinajstić information content (AvgIpc) is 3.24. The second kappa shape index (κ2) is 11.7. The summed E-state index contributed by atoms with van der Waals surface area (Å²) >= 11 is 4.75. The molecule has 2 rings (SSSR count). The number of anilines is 1. The highest BCUT2D eigenvalue weighted by molar-refractivity contribution is 7.80. The summed E-state index contributed by atoms with van der Waals surface area (Å²) in [6.45, 7) is 6.61. The van der Waals surface area contributed by atoms with Crippen LogP contribution in [-0.4, -0.2) is 53.8 Å². The van der Waals surface area contributed by atoms with E-state index in [9.17, 15) is 32.7 Å². The fourth-order valence-electron chi connectivity index (χ4n) is 3.37. The number of hydrogen-bond donors (Lipinski definition) is 3. The molecular weight excluding hydrogens is 477 g/mol. The van der Waals surface area contributed by atoms with Crippen LogP contribution in [0.1, 0.15) is 22.3 Å². The largest absolute Gasteiger partial charge is 0.501 e. The number of carbonyl (C=O) groups is 3. The zero-order chi connectivity index (χ0) is 25.5. The van der Waals surface area contributed by atoms with Crippen LogP contribution in [0.3, 0.4) is 0 Å². The second-order valence-electron chi connectivity index (χ2n) is 7.36. The monoisotopic (exact) mass is 500 g/mol. The van der Waals surface area contributed by atoms with Crippen molar-refractivity contribution in [1.82, 2.24) is 5.32 Å². The van der Waals surface area contributed by atoms with Crippen molar-refractivity contribution in [3.63, 3.8) is 0 Å². The molecule has 0 saturated carbocycles. The van der Waals surface area contributed by atoms with E-state index in [4.69, 9.17) is 21.7 Å². The number of amides is 1. The van der Waals surface area contributed by atoms with Crippen LogP contribution in [0, 0.1) is 11.8 Å². The third-order valence-electron chi connectivity index (χ3n) is 4.91. The number of esters is 2. The van der Waals surface area contributed by atoms with Gasteiger partial charge in [-0.1, -0.05) is 25.3 Å². The zero-order valence-corrected chi connectivity index (χ0v) is 18.7. The molecule has 12 heteroatoms. The first-order valence-electron chi connectivity index (χ1n) is 10.0. The Hall–Kier alpha value is -3.25. The number of alkyl halides is 3. The summed E-state index contributed by atoms with van der Waals surface area (Å²) in [7, 11) is 0. The van der Waals surface area contributed by atoms with Gasteiger partial charge in [0.05, 0.1) is 17.2 Å². The summed E-state index contributed by atoms with van der Waals surface area (Å²) in [5.41, 5.74) is -1.82. The van der Waals surface area contributed by atoms with Crippen molar-refractivity contribution in [2.75, 3.05) is 25.1 Å². The highest BCUT2D eigenvalue weighted by Crippen LogP contribution is 2.33. The summed E-state index contributed by atoms with van der Waals surface area (Å²) in [5.74, 6) is -4.25. The van der Waals surface area contributed by atoms with Gasteiger partial charge < -0.3 is 25.2 Å². The molecule has 1 aromatic rings. The molecule has 3 unspecified atom stereocenters. The predicted molar refractivity (Wildman–Crippen MR) is 120 cm³/mol. The van der Waals surface area contributed by atoms with Gasteiger partial charge in [0.25, 0.3) is 0 Å². The molecule has 1 heterocycles. The van der Waals surface area contributed by atoms with E-state index in [0.717, 1.165) is 6.07 Å². The molecule has 3 N–H and O–H groups in total. The van der Waals surface area contributed by atoms with Crippen LogP contribution in [0.5, 0.6) is 0 Å². The van der Waals surface area contributed by atoms with Crippen molar-refractivity contribution in [3.05, 3.63) is 54.6 Å². The maximum absolute atomic E-state index is 13.3. The van der Waals surface area contributed by atoms with E-state index in [0.29, 0.717) is 12.1 Å². The van der Waals surface area contributed by atoms with Crippen molar-refractivity contribution >= 4 is 40.8 Å². The number of hydrogen-bond acceptors (Lipinski definition) is 7. The molecule has 0 spiro atoms. The quantitative estimate of drug-likeness (QED) is 0.255. The summed E-state index contributed by atoms with van der Waals surface area (Å²) in [5, 5.41) is 14.4. The Bertz CT molecular complexity index is 982. The summed E-state index contributed by atoms with van der Waals surface area (Å²) in [4.78, 5) is 37.0. The molecule has 1 amide bonds. The first kappa shape index (κ1) is 27.0. The Morgan fingerprint density at radius 3 is 2.44 bits per heavy atom. The Morgan fingerprint density at radius 1 is 1.21 bits per heavy atom. The maximum Gasteiger partial charge on any atom is 0.416 e. The lowest BCUT2D eigenvalue weighted by molar-refractivity contribution is -0.146. The highest BCUT2D eigenvalue weighted by Gasteiger charge is 2.41. The highest BCUT2D eigenvalue weighted by atomic mass is 32.1. The van der Waals surface area contributed by atoms with E-state index in [1.807, 2.05) is 0 Å². The number of aliphatic hydroxyl groups is 1. The standard InChI is InChI=1S/C22H23F3N2O6S/c1-3-5-32-19(29)12-7-14(22(23,24)25)10-15(8-12)27-18(28)16-9-13(11-26-16)17(21(31)34)20(30)33-6-4-2/h3-4,7-8,10,13,16-17,26H,1-2,5-6,9,11H2,(H,27,28)(H,31,34). The van der Waals surface area contributed by atoms with Crippen LogP contribution >= 0.6 is 12.2 Å². The number of nitrogens with one attached hydrogen (secondary N) is 2. The van der Waals surface area contributed by atoms with Gasteiger partial charge >= 0.3 is 18.1 Å². The molecule has 0 aliphatic carbocycles. The molecule has 0 bridgehead atoms. The summed E-state index contributed by atoms with van der Waals surface area (Å²) in [6.07, 6.45) is -2.13. The molecule has 0 radical (unpaired) electrons. The van der Waals surface area contributed by atoms with Gasteiger partial charge in [0.15, 0.2) is 5.05 Å². The van der Waals surface area contributed by atoms with Gasteiger partial charge in [-0.25, -0.2) is 4.79 Å². The molecule has 3 atom stereocenters. The molecule has 34 heavy (non-hydrogen) atoms. The van der Waals surface area contributed by atoms with Gasteiger partial charge in [0.2, 0.25) is 5.91 Å². The van der Waals surface area contributed by atoms with E-state index in [1.165, 1.54) is 12.2 Å². The Labute approximate surface area is 198 Å². The third-order valence-corrected chi connectivity index (χ3v) is 5.17. The van der Waals surface area contributed by atoms with Gasteiger partial charge in [0, 0.05) is 12.2 Å². The first-order valence-corrected chi connectivity index (χ1v) is 10.4. The number of ether oxygens (including phenoxy) is 2. The zero-order valence-electron chi connectivity index (χ0n) is 17.9. The molecular formula is C22H23F3N2O6S. The Balaban J connectivity index is 2.17. The normalized spacial score (nSPS) is 18.4. The molecule has 1 saturated heterocycles.